The quantitative estimate of drug-likeness (QED) is 0.514. The SMILES string of the molecule is O=C(CCn1nc(-c2cccs2)oc1=O)N1CCC(n2c(=O)[nH]c3ccccc32)CC1. The lowest BCUT2D eigenvalue weighted by Gasteiger charge is -2.32. The van der Waals surface area contributed by atoms with Crippen molar-refractivity contribution in [3.8, 4) is 10.8 Å². The van der Waals surface area contributed by atoms with Gasteiger partial charge in [-0.1, -0.05) is 18.2 Å². The second kappa shape index (κ2) is 8.03. The molecule has 0 saturated carbocycles. The third kappa shape index (κ3) is 3.74. The number of aromatic nitrogens is 4. The van der Waals surface area contributed by atoms with Crippen LogP contribution in [-0.4, -0.2) is 43.2 Å². The number of benzene rings is 1. The number of carbonyl (C=O) groups excluding carboxylic acids is 1. The van der Waals surface area contributed by atoms with Gasteiger partial charge in [0.2, 0.25) is 5.91 Å². The number of imidazole rings is 1. The topological polar surface area (TPSA) is 106 Å². The van der Waals surface area contributed by atoms with Crippen molar-refractivity contribution in [1.29, 1.82) is 0 Å². The van der Waals surface area contributed by atoms with Gasteiger partial charge in [0.25, 0.3) is 5.89 Å². The Bertz CT molecular complexity index is 1320. The molecule has 1 amide bonds. The average Bonchev–Trinajstić information content (AvgIpc) is 3.50. The lowest BCUT2D eigenvalue weighted by Crippen LogP contribution is -2.41. The molecule has 0 spiro atoms. The smallest absolute Gasteiger partial charge is 0.387 e. The number of hydrogen-bond donors (Lipinski definition) is 1. The van der Waals surface area contributed by atoms with Gasteiger partial charge in [0.1, 0.15) is 0 Å². The zero-order chi connectivity index (χ0) is 21.4. The molecule has 4 heterocycles. The van der Waals surface area contributed by atoms with Crippen molar-refractivity contribution in [2.75, 3.05) is 13.1 Å². The summed E-state index contributed by atoms with van der Waals surface area (Å²) in [6, 6.07) is 11.4. The lowest BCUT2D eigenvalue weighted by atomic mass is 10.0. The molecule has 0 atom stereocenters. The summed E-state index contributed by atoms with van der Waals surface area (Å²) in [6.07, 6.45) is 1.59. The molecule has 1 aromatic carbocycles. The molecule has 1 saturated heterocycles. The maximum absolute atomic E-state index is 12.7. The van der Waals surface area contributed by atoms with Crippen LogP contribution in [0.25, 0.3) is 21.8 Å². The van der Waals surface area contributed by atoms with Gasteiger partial charge >= 0.3 is 11.4 Å². The predicted molar refractivity (Wildman–Crippen MR) is 116 cm³/mol. The number of aromatic amines is 1. The zero-order valence-corrected chi connectivity index (χ0v) is 17.5. The maximum Gasteiger partial charge on any atom is 0.437 e. The van der Waals surface area contributed by atoms with E-state index in [1.54, 1.807) is 9.47 Å². The highest BCUT2D eigenvalue weighted by Crippen LogP contribution is 2.25. The van der Waals surface area contributed by atoms with Crippen LogP contribution in [-0.2, 0) is 11.3 Å². The highest BCUT2D eigenvalue weighted by molar-refractivity contribution is 7.13. The van der Waals surface area contributed by atoms with E-state index >= 15 is 0 Å². The van der Waals surface area contributed by atoms with Crippen LogP contribution in [0.2, 0.25) is 0 Å². The second-order valence-electron chi connectivity index (χ2n) is 7.55. The van der Waals surface area contributed by atoms with Crippen molar-refractivity contribution in [1.82, 2.24) is 24.2 Å². The predicted octanol–water partition coefficient (Wildman–Crippen LogP) is 2.46. The van der Waals surface area contributed by atoms with Gasteiger partial charge < -0.3 is 14.3 Å². The Balaban J connectivity index is 1.20. The summed E-state index contributed by atoms with van der Waals surface area (Å²) in [5.74, 6) is -0.316. The van der Waals surface area contributed by atoms with Gasteiger partial charge in [-0.2, -0.15) is 4.68 Å². The molecule has 160 valence electrons. The fourth-order valence-electron chi connectivity index (χ4n) is 4.12. The first-order valence-electron chi connectivity index (χ1n) is 10.2. The van der Waals surface area contributed by atoms with Crippen molar-refractivity contribution < 1.29 is 9.21 Å². The summed E-state index contributed by atoms with van der Waals surface area (Å²) in [6.45, 7) is 1.32. The van der Waals surface area contributed by atoms with E-state index in [0.29, 0.717) is 25.9 Å². The maximum atomic E-state index is 12.7. The monoisotopic (exact) mass is 439 g/mol. The summed E-state index contributed by atoms with van der Waals surface area (Å²) < 4.78 is 8.19. The number of thiophene rings is 1. The van der Waals surface area contributed by atoms with Crippen molar-refractivity contribution >= 4 is 28.3 Å². The van der Waals surface area contributed by atoms with Crippen molar-refractivity contribution in [3.63, 3.8) is 0 Å². The van der Waals surface area contributed by atoms with Gasteiger partial charge in [0.05, 0.1) is 22.5 Å². The van der Waals surface area contributed by atoms with Crippen LogP contribution in [0.1, 0.15) is 25.3 Å². The Kier molecular flexibility index (Phi) is 5.06. The molecule has 5 rings (SSSR count). The Morgan fingerprint density at radius 2 is 1.97 bits per heavy atom. The molecule has 0 bridgehead atoms. The number of nitrogens with one attached hydrogen (secondary N) is 1. The molecule has 10 heteroatoms. The largest absolute Gasteiger partial charge is 0.437 e. The Labute approximate surface area is 180 Å². The molecule has 1 fully saturated rings. The van der Waals surface area contributed by atoms with Crippen molar-refractivity contribution in [2.24, 2.45) is 0 Å². The highest BCUT2D eigenvalue weighted by Gasteiger charge is 2.26. The lowest BCUT2D eigenvalue weighted by molar-refractivity contribution is -0.132. The van der Waals surface area contributed by atoms with E-state index in [1.807, 2.05) is 41.8 Å². The fraction of sp³-hybridized carbons (Fsp3) is 0.333. The number of carbonyl (C=O) groups is 1. The molecule has 4 aromatic rings. The van der Waals surface area contributed by atoms with Gasteiger partial charge in [-0.05, 0) is 36.4 Å². The number of likely N-dealkylation sites (tertiary alicyclic amines) is 1. The molecule has 0 unspecified atom stereocenters. The van der Waals surface area contributed by atoms with Crippen LogP contribution in [0.3, 0.4) is 0 Å². The van der Waals surface area contributed by atoms with Gasteiger partial charge in [-0.25, -0.2) is 9.59 Å². The molecule has 0 aliphatic carbocycles. The molecule has 31 heavy (non-hydrogen) atoms. The number of piperidine rings is 1. The van der Waals surface area contributed by atoms with E-state index in [1.165, 1.54) is 16.0 Å². The minimum atomic E-state index is -0.561. The number of hydrogen-bond acceptors (Lipinski definition) is 6. The van der Waals surface area contributed by atoms with Crippen LogP contribution in [0.15, 0.2) is 55.8 Å². The number of rotatable bonds is 5. The molecule has 9 nitrogen and oxygen atoms in total. The summed E-state index contributed by atoms with van der Waals surface area (Å²) in [5.41, 5.74) is 1.60. The zero-order valence-electron chi connectivity index (χ0n) is 16.7. The van der Waals surface area contributed by atoms with Crippen molar-refractivity contribution in [3.05, 3.63) is 62.8 Å². The molecule has 1 aliphatic rings. The first kappa shape index (κ1) is 19.6. The first-order chi connectivity index (χ1) is 15.1. The Morgan fingerprint density at radius 1 is 1.16 bits per heavy atom. The second-order valence-corrected chi connectivity index (χ2v) is 8.50. The standard InChI is InChI=1S/C21H21N5O4S/c27-18(9-12-25-21(29)30-19(23-25)17-6-3-13-31-17)24-10-7-14(8-11-24)26-16-5-2-1-4-15(16)22-20(26)28/h1-6,13-14H,7-12H2,(H,22,28). The third-order valence-corrected chi connectivity index (χ3v) is 6.54. The van der Waals surface area contributed by atoms with Crippen LogP contribution in [0.4, 0.5) is 0 Å². The van der Waals surface area contributed by atoms with Crippen LogP contribution in [0, 0.1) is 0 Å². The molecular weight excluding hydrogens is 418 g/mol. The number of nitrogens with zero attached hydrogens (tertiary/aromatic N) is 4. The van der Waals surface area contributed by atoms with Crippen LogP contribution in [0.5, 0.6) is 0 Å². The number of para-hydroxylation sites is 2. The third-order valence-electron chi connectivity index (χ3n) is 5.68. The Hall–Kier alpha value is -3.40. The van der Waals surface area contributed by atoms with Gasteiger partial charge in [-0.15, -0.1) is 16.4 Å². The van der Waals surface area contributed by atoms with Crippen molar-refractivity contribution in [2.45, 2.75) is 31.8 Å². The van der Waals surface area contributed by atoms with E-state index in [2.05, 4.69) is 10.1 Å². The van der Waals surface area contributed by atoms with E-state index < -0.39 is 5.76 Å². The number of fused-ring (bicyclic) bond motifs is 1. The molecular formula is C21H21N5O4S. The molecule has 1 aliphatic heterocycles. The van der Waals surface area contributed by atoms with E-state index in [9.17, 15) is 14.4 Å². The highest BCUT2D eigenvalue weighted by atomic mass is 32.1. The summed E-state index contributed by atoms with van der Waals surface area (Å²) in [4.78, 5) is 42.6. The first-order valence-corrected chi connectivity index (χ1v) is 11.1. The minimum Gasteiger partial charge on any atom is -0.387 e. The molecule has 0 radical (unpaired) electrons. The van der Waals surface area contributed by atoms with Gasteiger partial charge in [-0.3, -0.25) is 9.36 Å². The number of amides is 1. The van der Waals surface area contributed by atoms with Crippen LogP contribution < -0.4 is 11.4 Å². The minimum absolute atomic E-state index is 0.0303. The van der Waals surface area contributed by atoms with Gasteiger partial charge in [0.15, 0.2) is 0 Å². The summed E-state index contributed by atoms with van der Waals surface area (Å²) in [5, 5.41) is 6.07. The van der Waals surface area contributed by atoms with Gasteiger partial charge in [0, 0.05) is 25.6 Å². The molecule has 3 aromatic heterocycles. The van der Waals surface area contributed by atoms with E-state index in [4.69, 9.17) is 4.42 Å². The number of H-pyrrole nitrogens is 1. The normalized spacial score (nSPS) is 15.0. The summed E-state index contributed by atoms with van der Waals surface area (Å²) >= 11 is 1.44. The average molecular weight is 439 g/mol. The van der Waals surface area contributed by atoms with Crippen LogP contribution >= 0.6 is 11.3 Å². The fourth-order valence-corrected chi connectivity index (χ4v) is 4.76. The van der Waals surface area contributed by atoms with E-state index in [0.717, 1.165) is 15.9 Å². The molecule has 1 N–H and O–H groups in total. The Morgan fingerprint density at radius 3 is 2.74 bits per heavy atom. The van der Waals surface area contributed by atoms with E-state index in [-0.39, 0.29) is 36.5 Å². The summed E-state index contributed by atoms with van der Waals surface area (Å²) in [7, 11) is 0. The number of aryl methyl sites for hydroxylation is 1.